The molecule has 0 aliphatic heterocycles. The number of rotatable bonds is 6. The zero-order valence-corrected chi connectivity index (χ0v) is 34.9. The summed E-state index contributed by atoms with van der Waals surface area (Å²) in [4.78, 5) is 2.45. The number of hydrogen-bond donors (Lipinski definition) is 0. The monoisotopic (exact) mass is 795 g/mol. The van der Waals surface area contributed by atoms with Crippen LogP contribution in [0, 0.1) is 0 Å². The summed E-state index contributed by atoms with van der Waals surface area (Å²) in [6.07, 6.45) is 0. The van der Waals surface area contributed by atoms with Gasteiger partial charge in [0.05, 0.1) is 0 Å². The number of benzene rings is 10. The summed E-state index contributed by atoms with van der Waals surface area (Å²) in [7, 11) is 0. The average Bonchev–Trinajstić information content (AvgIpc) is 3.81. The van der Waals surface area contributed by atoms with Crippen molar-refractivity contribution in [1.29, 1.82) is 0 Å². The second-order valence-corrected chi connectivity index (χ2v) is 17.9. The fourth-order valence-corrected chi connectivity index (χ4v) is 11.2. The number of nitrogens with zero attached hydrogens (tertiary/aromatic N) is 1. The Morgan fingerprint density at radius 2 is 0.984 bits per heavy atom. The largest absolute Gasteiger partial charge is 0.310 e. The molecule has 0 fully saturated rings. The standard InChI is InChI=1S/C59H41NS/c1-59(2)53-25-12-10-23-49(53)50-32-31-44(37-54(50)59)60(42-29-27-39(28-30-42)38-15-4-3-5-16-38)43-19-14-18-40(35-43)46-33-34-56-58(51-24-11-13-26-55(51)61-56)57(46)52-36-41-17-6-7-20-45(41)47-21-8-9-22-48(47)52/h3-37H,1-2H3. The molecule has 0 saturated carbocycles. The quantitative estimate of drug-likeness (QED) is 0.152. The predicted octanol–water partition coefficient (Wildman–Crippen LogP) is 17.1. The topological polar surface area (TPSA) is 3.24 Å². The van der Waals surface area contributed by atoms with Crippen LogP contribution < -0.4 is 4.90 Å². The van der Waals surface area contributed by atoms with E-state index in [1.54, 1.807) is 0 Å². The molecule has 61 heavy (non-hydrogen) atoms. The Balaban J connectivity index is 1.09. The third kappa shape index (κ3) is 5.67. The maximum absolute atomic E-state index is 2.45. The first-order valence-corrected chi connectivity index (χ1v) is 22.0. The highest BCUT2D eigenvalue weighted by Gasteiger charge is 2.35. The average molecular weight is 796 g/mol. The summed E-state index contributed by atoms with van der Waals surface area (Å²) in [6.45, 7) is 4.73. The molecule has 0 radical (unpaired) electrons. The van der Waals surface area contributed by atoms with Gasteiger partial charge >= 0.3 is 0 Å². The lowest BCUT2D eigenvalue weighted by Gasteiger charge is -2.29. The molecule has 2 heteroatoms. The Labute approximate surface area is 360 Å². The number of fused-ring (bicyclic) bond motifs is 9. The van der Waals surface area contributed by atoms with Crippen molar-refractivity contribution in [3.63, 3.8) is 0 Å². The first kappa shape index (κ1) is 35.7. The molecule has 1 nitrogen and oxygen atoms in total. The molecule has 12 rings (SSSR count). The number of thiophene rings is 1. The van der Waals surface area contributed by atoms with Crippen LogP contribution in [0.25, 0.3) is 86.2 Å². The van der Waals surface area contributed by atoms with Crippen LogP contribution in [-0.2, 0) is 5.41 Å². The second kappa shape index (κ2) is 13.9. The maximum atomic E-state index is 2.45. The molecular formula is C59H41NS. The van der Waals surface area contributed by atoms with Crippen LogP contribution in [0.15, 0.2) is 212 Å². The molecule has 0 bridgehead atoms. The Bertz CT molecular complexity index is 3500. The molecule has 1 heterocycles. The van der Waals surface area contributed by atoms with Gasteiger partial charge in [0, 0.05) is 42.6 Å². The molecule has 1 aliphatic rings. The second-order valence-electron chi connectivity index (χ2n) is 16.8. The van der Waals surface area contributed by atoms with Crippen molar-refractivity contribution < 1.29 is 0 Å². The van der Waals surface area contributed by atoms with Gasteiger partial charge in [-0.2, -0.15) is 0 Å². The highest BCUT2D eigenvalue weighted by atomic mass is 32.1. The van der Waals surface area contributed by atoms with Crippen molar-refractivity contribution in [3.8, 4) is 44.5 Å². The SMILES string of the molecule is CC1(C)c2ccccc2-c2ccc(N(c3ccc(-c4ccccc4)cc3)c3cccc(-c4ccc5sc6ccccc6c5c4-c4cc5ccccc5c5ccccc45)c3)cc21. The minimum atomic E-state index is -0.122. The molecule has 11 aromatic rings. The molecular weight excluding hydrogens is 755 g/mol. The molecule has 0 unspecified atom stereocenters. The normalized spacial score (nSPS) is 12.9. The molecule has 0 spiro atoms. The zero-order valence-electron chi connectivity index (χ0n) is 34.1. The first-order valence-electron chi connectivity index (χ1n) is 21.2. The van der Waals surface area contributed by atoms with Gasteiger partial charge in [0.1, 0.15) is 0 Å². The lowest BCUT2D eigenvalue weighted by molar-refractivity contribution is 0.660. The van der Waals surface area contributed by atoms with E-state index in [0.717, 1.165) is 17.1 Å². The van der Waals surface area contributed by atoms with Gasteiger partial charge in [-0.25, -0.2) is 0 Å². The Morgan fingerprint density at radius 1 is 0.361 bits per heavy atom. The van der Waals surface area contributed by atoms with Crippen molar-refractivity contribution >= 4 is 70.1 Å². The van der Waals surface area contributed by atoms with Crippen LogP contribution in [0.4, 0.5) is 17.1 Å². The van der Waals surface area contributed by atoms with Crippen LogP contribution in [0.1, 0.15) is 25.0 Å². The Kier molecular flexibility index (Phi) is 8.13. The summed E-state index contributed by atoms with van der Waals surface area (Å²) < 4.78 is 2.61. The summed E-state index contributed by atoms with van der Waals surface area (Å²) in [6, 6.07) is 78.7. The van der Waals surface area contributed by atoms with Gasteiger partial charge in [0.15, 0.2) is 0 Å². The van der Waals surface area contributed by atoms with Gasteiger partial charge in [-0.05, 0) is 132 Å². The van der Waals surface area contributed by atoms with Crippen LogP contribution in [0.5, 0.6) is 0 Å². The number of hydrogen-bond acceptors (Lipinski definition) is 2. The highest BCUT2D eigenvalue weighted by molar-refractivity contribution is 7.26. The molecule has 0 saturated heterocycles. The highest BCUT2D eigenvalue weighted by Crippen LogP contribution is 2.52. The molecule has 288 valence electrons. The molecule has 0 amide bonds. The van der Waals surface area contributed by atoms with Crippen LogP contribution in [-0.4, -0.2) is 0 Å². The van der Waals surface area contributed by atoms with Crippen molar-refractivity contribution in [1.82, 2.24) is 0 Å². The van der Waals surface area contributed by atoms with Crippen molar-refractivity contribution in [3.05, 3.63) is 223 Å². The van der Waals surface area contributed by atoms with Crippen molar-refractivity contribution in [2.45, 2.75) is 19.3 Å². The van der Waals surface area contributed by atoms with Gasteiger partial charge in [-0.3, -0.25) is 0 Å². The molecule has 1 aromatic heterocycles. The number of anilines is 3. The Hall–Kier alpha value is -7.26. The van der Waals surface area contributed by atoms with Gasteiger partial charge in [0.2, 0.25) is 0 Å². The fourth-order valence-electron chi connectivity index (χ4n) is 10.1. The van der Waals surface area contributed by atoms with Gasteiger partial charge in [-0.1, -0.05) is 172 Å². The summed E-state index contributed by atoms with van der Waals surface area (Å²) in [5, 5.41) is 7.69. The van der Waals surface area contributed by atoms with Gasteiger partial charge < -0.3 is 4.90 Å². The molecule has 1 aliphatic carbocycles. The molecule has 0 N–H and O–H groups in total. The van der Waals surface area contributed by atoms with E-state index in [2.05, 4.69) is 231 Å². The van der Waals surface area contributed by atoms with E-state index >= 15 is 0 Å². The van der Waals surface area contributed by atoms with E-state index in [0.29, 0.717) is 0 Å². The molecule has 0 atom stereocenters. The fraction of sp³-hybridized carbons (Fsp3) is 0.0508. The Morgan fingerprint density at radius 3 is 1.84 bits per heavy atom. The van der Waals surface area contributed by atoms with E-state index in [1.165, 1.54) is 97.4 Å². The van der Waals surface area contributed by atoms with E-state index in [-0.39, 0.29) is 5.41 Å². The summed E-state index contributed by atoms with van der Waals surface area (Å²) in [5.41, 5.74) is 16.0. The molecule has 10 aromatic carbocycles. The third-order valence-corrected chi connectivity index (χ3v) is 14.2. The maximum Gasteiger partial charge on any atom is 0.0467 e. The van der Waals surface area contributed by atoms with Crippen LogP contribution in [0.2, 0.25) is 0 Å². The van der Waals surface area contributed by atoms with Crippen molar-refractivity contribution in [2.24, 2.45) is 0 Å². The zero-order chi connectivity index (χ0) is 40.7. The van der Waals surface area contributed by atoms with E-state index in [1.807, 2.05) is 11.3 Å². The lowest BCUT2D eigenvalue weighted by atomic mass is 9.82. The third-order valence-electron chi connectivity index (χ3n) is 13.1. The minimum absolute atomic E-state index is 0.122. The van der Waals surface area contributed by atoms with Gasteiger partial charge in [0.25, 0.3) is 0 Å². The van der Waals surface area contributed by atoms with E-state index < -0.39 is 0 Å². The summed E-state index contributed by atoms with van der Waals surface area (Å²) >= 11 is 1.88. The van der Waals surface area contributed by atoms with Crippen LogP contribution >= 0.6 is 11.3 Å². The van der Waals surface area contributed by atoms with E-state index in [4.69, 9.17) is 0 Å². The van der Waals surface area contributed by atoms with Crippen LogP contribution in [0.3, 0.4) is 0 Å². The predicted molar refractivity (Wildman–Crippen MR) is 263 cm³/mol. The lowest BCUT2D eigenvalue weighted by Crippen LogP contribution is -2.16. The van der Waals surface area contributed by atoms with Crippen molar-refractivity contribution in [2.75, 3.05) is 4.90 Å². The first-order chi connectivity index (χ1) is 30.0. The smallest absolute Gasteiger partial charge is 0.0467 e. The minimum Gasteiger partial charge on any atom is -0.310 e. The summed E-state index contributed by atoms with van der Waals surface area (Å²) in [5.74, 6) is 0. The van der Waals surface area contributed by atoms with E-state index in [9.17, 15) is 0 Å². The van der Waals surface area contributed by atoms with Gasteiger partial charge in [-0.15, -0.1) is 11.3 Å².